The second kappa shape index (κ2) is 9.84. The topological polar surface area (TPSA) is 69.0 Å². The van der Waals surface area contributed by atoms with Crippen LogP contribution in [-0.4, -0.2) is 34.2 Å². The Morgan fingerprint density at radius 2 is 2.00 bits per heavy atom. The highest BCUT2D eigenvalue weighted by molar-refractivity contribution is 7.18. The molecule has 1 aliphatic carbocycles. The Hall–Kier alpha value is -3.55. The maximum absolute atomic E-state index is 13.7. The number of aryl methyl sites for hydroxylation is 1. The molecule has 1 atom stereocenters. The van der Waals surface area contributed by atoms with Crippen LogP contribution in [0.2, 0.25) is 0 Å². The first-order valence-electron chi connectivity index (χ1n) is 12.4. The maximum Gasteiger partial charge on any atom is 0.262 e. The average molecular weight is 497 g/mol. The molecule has 0 radical (unpaired) electrons. The van der Waals surface area contributed by atoms with E-state index in [4.69, 9.17) is 9.72 Å². The molecule has 7 heteroatoms. The first-order chi connectivity index (χ1) is 17.7. The van der Waals surface area contributed by atoms with Gasteiger partial charge in [0.25, 0.3) is 5.56 Å². The number of hydrogen-bond acceptors (Lipinski definition) is 6. The first kappa shape index (κ1) is 22.9. The summed E-state index contributed by atoms with van der Waals surface area (Å²) in [6.07, 6.45) is 9.25. The van der Waals surface area contributed by atoms with E-state index in [2.05, 4.69) is 40.6 Å². The van der Waals surface area contributed by atoms with Crippen molar-refractivity contribution in [3.05, 3.63) is 99.2 Å². The lowest BCUT2D eigenvalue weighted by Gasteiger charge is -2.23. The van der Waals surface area contributed by atoms with E-state index in [1.807, 2.05) is 30.6 Å². The molecular formula is C29H28N4O2S. The fourth-order valence-corrected chi connectivity index (χ4v) is 6.56. The van der Waals surface area contributed by atoms with Crippen LogP contribution in [0.15, 0.2) is 72.0 Å². The van der Waals surface area contributed by atoms with E-state index in [9.17, 15) is 4.79 Å². The summed E-state index contributed by atoms with van der Waals surface area (Å²) in [6, 6.07) is 16.8. The standard InChI is InChI=1S/C29H28N4O2S/c1-35-25-9-6-20-4-2-3-5-22(20)24(25)17-33-18-32-28-27(29(33)34)23-8-7-21(16-26(23)36-28)31-15-12-19-10-13-30-14-11-19/h2-6,9-11,13-14,18,21,31H,7-8,12,15-17H2,1H3. The van der Waals surface area contributed by atoms with Gasteiger partial charge in [-0.15, -0.1) is 11.3 Å². The van der Waals surface area contributed by atoms with E-state index in [1.165, 1.54) is 16.0 Å². The largest absolute Gasteiger partial charge is 0.496 e. The van der Waals surface area contributed by atoms with Gasteiger partial charge in [-0.1, -0.05) is 30.3 Å². The van der Waals surface area contributed by atoms with Crippen molar-refractivity contribution in [2.75, 3.05) is 13.7 Å². The SMILES string of the molecule is COc1ccc2ccccc2c1Cn1cnc2sc3c(c2c1=O)CCC(NCCc1ccncc1)C3. The molecule has 0 spiro atoms. The molecule has 1 N–H and O–H groups in total. The van der Waals surface area contributed by atoms with Crippen molar-refractivity contribution in [1.82, 2.24) is 19.9 Å². The number of methoxy groups -OCH3 is 1. The van der Waals surface area contributed by atoms with Gasteiger partial charge in [-0.05, 0) is 72.3 Å². The van der Waals surface area contributed by atoms with E-state index in [0.717, 1.165) is 64.5 Å². The number of benzene rings is 2. The minimum atomic E-state index is 0.0385. The van der Waals surface area contributed by atoms with Crippen LogP contribution in [0.4, 0.5) is 0 Å². The minimum absolute atomic E-state index is 0.0385. The molecule has 5 aromatic rings. The molecule has 0 saturated heterocycles. The molecule has 6 rings (SSSR count). The van der Waals surface area contributed by atoms with E-state index >= 15 is 0 Å². The summed E-state index contributed by atoms with van der Waals surface area (Å²) in [4.78, 5) is 24.6. The van der Waals surface area contributed by atoms with Gasteiger partial charge in [-0.2, -0.15) is 0 Å². The van der Waals surface area contributed by atoms with E-state index < -0.39 is 0 Å². The number of hydrogen-bond donors (Lipinski definition) is 1. The number of pyridine rings is 1. The molecule has 6 nitrogen and oxygen atoms in total. The van der Waals surface area contributed by atoms with Gasteiger partial charge in [0.05, 0.1) is 25.4 Å². The summed E-state index contributed by atoms with van der Waals surface area (Å²) < 4.78 is 7.39. The highest BCUT2D eigenvalue weighted by Crippen LogP contribution is 2.34. The lowest BCUT2D eigenvalue weighted by Crippen LogP contribution is -2.35. The predicted octanol–water partition coefficient (Wildman–Crippen LogP) is 4.75. The predicted molar refractivity (Wildman–Crippen MR) is 145 cm³/mol. The van der Waals surface area contributed by atoms with Crippen molar-refractivity contribution in [3.8, 4) is 5.75 Å². The minimum Gasteiger partial charge on any atom is -0.496 e. The fraction of sp³-hybridized carbons (Fsp3) is 0.276. The summed E-state index contributed by atoms with van der Waals surface area (Å²) in [5, 5.41) is 6.74. The summed E-state index contributed by atoms with van der Waals surface area (Å²) in [5.41, 5.74) is 3.53. The Balaban J connectivity index is 1.26. The van der Waals surface area contributed by atoms with Gasteiger partial charge in [0.2, 0.25) is 0 Å². The van der Waals surface area contributed by atoms with Gasteiger partial charge >= 0.3 is 0 Å². The Labute approximate surface area is 213 Å². The summed E-state index contributed by atoms with van der Waals surface area (Å²) in [6.45, 7) is 1.36. The Bertz CT molecular complexity index is 1590. The molecule has 0 bridgehead atoms. The number of aromatic nitrogens is 3. The van der Waals surface area contributed by atoms with Gasteiger partial charge in [-0.3, -0.25) is 14.3 Å². The molecule has 0 amide bonds. The van der Waals surface area contributed by atoms with Crippen LogP contribution in [0, 0.1) is 0 Å². The van der Waals surface area contributed by atoms with Gasteiger partial charge in [0.15, 0.2) is 0 Å². The van der Waals surface area contributed by atoms with E-state index in [1.54, 1.807) is 29.3 Å². The zero-order valence-electron chi connectivity index (χ0n) is 20.2. The maximum atomic E-state index is 13.7. The normalized spacial score (nSPS) is 15.3. The van der Waals surface area contributed by atoms with Crippen LogP contribution in [0.1, 0.15) is 28.0 Å². The van der Waals surface area contributed by atoms with Gasteiger partial charge < -0.3 is 10.1 Å². The van der Waals surface area contributed by atoms with Crippen molar-refractivity contribution in [2.24, 2.45) is 0 Å². The van der Waals surface area contributed by atoms with Crippen LogP contribution < -0.4 is 15.6 Å². The quantitative estimate of drug-likeness (QED) is 0.352. The molecule has 1 aliphatic rings. The highest BCUT2D eigenvalue weighted by atomic mass is 32.1. The van der Waals surface area contributed by atoms with Crippen molar-refractivity contribution < 1.29 is 4.74 Å². The molecule has 0 aliphatic heterocycles. The molecular weight excluding hydrogens is 468 g/mol. The number of nitrogens with zero attached hydrogens (tertiary/aromatic N) is 3. The van der Waals surface area contributed by atoms with E-state index in [0.29, 0.717) is 12.6 Å². The van der Waals surface area contributed by atoms with Crippen molar-refractivity contribution >= 4 is 32.3 Å². The van der Waals surface area contributed by atoms with Gasteiger partial charge in [-0.25, -0.2) is 4.98 Å². The summed E-state index contributed by atoms with van der Waals surface area (Å²) in [7, 11) is 1.68. The third-order valence-corrected chi connectivity index (χ3v) is 8.34. The van der Waals surface area contributed by atoms with Crippen LogP contribution in [-0.2, 0) is 25.8 Å². The number of nitrogens with one attached hydrogen (secondary N) is 1. The number of rotatable bonds is 7. The molecule has 0 fully saturated rings. The second-order valence-electron chi connectivity index (χ2n) is 9.33. The molecule has 3 aromatic heterocycles. The van der Waals surface area contributed by atoms with Gasteiger partial charge in [0, 0.05) is 28.9 Å². The monoisotopic (exact) mass is 496 g/mol. The number of fused-ring (bicyclic) bond motifs is 4. The zero-order chi connectivity index (χ0) is 24.5. The van der Waals surface area contributed by atoms with E-state index in [-0.39, 0.29) is 5.56 Å². The number of thiophene rings is 1. The first-order valence-corrected chi connectivity index (χ1v) is 13.2. The van der Waals surface area contributed by atoms with Crippen LogP contribution in [0.25, 0.3) is 21.0 Å². The lowest BCUT2D eigenvalue weighted by molar-refractivity contribution is 0.409. The molecule has 3 heterocycles. The van der Waals surface area contributed by atoms with Crippen molar-refractivity contribution in [1.29, 1.82) is 0 Å². The summed E-state index contributed by atoms with van der Waals surface area (Å²) in [5.74, 6) is 0.786. The van der Waals surface area contributed by atoms with Crippen LogP contribution >= 0.6 is 11.3 Å². The third kappa shape index (κ3) is 4.29. The Kier molecular flexibility index (Phi) is 6.25. The lowest BCUT2D eigenvalue weighted by atomic mass is 9.93. The molecule has 1 unspecified atom stereocenters. The van der Waals surface area contributed by atoms with Crippen LogP contribution in [0.5, 0.6) is 5.75 Å². The van der Waals surface area contributed by atoms with Crippen LogP contribution in [0.3, 0.4) is 0 Å². The van der Waals surface area contributed by atoms with Gasteiger partial charge in [0.1, 0.15) is 10.6 Å². The Morgan fingerprint density at radius 1 is 1.14 bits per heavy atom. The molecule has 2 aromatic carbocycles. The highest BCUT2D eigenvalue weighted by Gasteiger charge is 2.25. The Morgan fingerprint density at radius 3 is 2.86 bits per heavy atom. The zero-order valence-corrected chi connectivity index (χ0v) is 21.1. The molecule has 36 heavy (non-hydrogen) atoms. The van der Waals surface area contributed by atoms with Crippen molar-refractivity contribution in [3.63, 3.8) is 0 Å². The fourth-order valence-electron chi connectivity index (χ4n) is 5.30. The third-order valence-electron chi connectivity index (χ3n) is 7.18. The second-order valence-corrected chi connectivity index (χ2v) is 10.4. The van der Waals surface area contributed by atoms with Crippen molar-refractivity contribution in [2.45, 2.75) is 38.3 Å². The summed E-state index contributed by atoms with van der Waals surface area (Å²) >= 11 is 1.68. The average Bonchev–Trinajstić information content (AvgIpc) is 3.29. The molecule has 0 saturated carbocycles. The smallest absolute Gasteiger partial charge is 0.262 e. The number of ether oxygens (including phenoxy) is 1. The molecule has 182 valence electrons.